The number of carbonyl (C=O) groups is 3. The molecule has 0 aliphatic carbocycles. The Kier molecular flexibility index (Phi) is 31.1. The van der Waals surface area contributed by atoms with E-state index in [4.69, 9.17) is 0 Å². The van der Waals surface area contributed by atoms with E-state index < -0.39 is 0 Å². The molecule has 0 aromatic carbocycles. The lowest BCUT2D eigenvalue weighted by Crippen LogP contribution is -2.26. The summed E-state index contributed by atoms with van der Waals surface area (Å²) in [4.78, 5) is 34.0. The molecule has 168 valence electrons. The molecule has 5 nitrogen and oxygen atoms in total. The molecule has 0 aliphatic rings. The van der Waals surface area contributed by atoms with Gasteiger partial charge in [-0.2, -0.15) is 0 Å². The molecule has 5 heteroatoms. The van der Waals surface area contributed by atoms with E-state index in [1.807, 2.05) is 27.7 Å². The van der Waals surface area contributed by atoms with Crippen molar-refractivity contribution in [2.24, 2.45) is 0 Å². The average Bonchev–Trinajstić information content (AvgIpc) is 2.70. The van der Waals surface area contributed by atoms with Crippen molar-refractivity contribution in [2.45, 2.75) is 119 Å². The highest BCUT2D eigenvalue weighted by atomic mass is 16.2. The molecule has 0 heterocycles. The predicted octanol–water partition coefficient (Wildman–Crippen LogP) is 5.56. The number of rotatable bonds is 16. The van der Waals surface area contributed by atoms with Crippen LogP contribution in [0.15, 0.2) is 0 Å². The summed E-state index contributed by atoms with van der Waals surface area (Å²) in [6.07, 6.45) is 10.7. The molecule has 0 spiro atoms. The van der Waals surface area contributed by atoms with Gasteiger partial charge in [0.15, 0.2) is 0 Å². The van der Waals surface area contributed by atoms with Crippen LogP contribution in [0.25, 0.3) is 0 Å². The summed E-state index contributed by atoms with van der Waals surface area (Å²) in [7, 11) is 0. The molecule has 0 aromatic heterocycles. The largest absolute Gasteiger partial charge is 0.356 e. The van der Waals surface area contributed by atoms with Gasteiger partial charge in [-0.15, -0.1) is 0 Å². The monoisotopic (exact) mass is 400 g/mol. The Morgan fingerprint density at radius 2 is 1.00 bits per heavy atom. The third-order valence-electron chi connectivity index (χ3n) is 3.94. The maximum absolute atomic E-state index is 11.7. The van der Waals surface area contributed by atoms with Crippen LogP contribution in [-0.2, 0) is 14.4 Å². The number of carbonyl (C=O) groups excluding carboxylic acids is 3. The topological polar surface area (TPSA) is 75.3 Å². The van der Waals surface area contributed by atoms with E-state index in [1.54, 1.807) is 6.92 Å². The fraction of sp³-hybridized carbons (Fsp3) is 0.870. The van der Waals surface area contributed by atoms with Gasteiger partial charge in [-0.25, -0.2) is 0 Å². The van der Waals surface area contributed by atoms with Crippen LogP contribution in [-0.4, -0.2) is 30.7 Å². The zero-order valence-electron chi connectivity index (χ0n) is 19.6. The highest BCUT2D eigenvalue weighted by molar-refractivity contribution is 5.78. The Labute approximate surface area is 174 Å². The Morgan fingerprint density at radius 3 is 1.46 bits per heavy atom. The van der Waals surface area contributed by atoms with Crippen LogP contribution in [0, 0.1) is 0 Å². The lowest BCUT2D eigenvalue weighted by molar-refractivity contribution is -0.122. The van der Waals surface area contributed by atoms with Gasteiger partial charge in [-0.05, 0) is 32.6 Å². The highest BCUT2D eigenvalue weighted by Crippen LogP contribution is 2.05. The second kappa shape index (κ2) is 27.8. The van der Waals surface area contributed by atoms with Crippen LogP contribution in [0.2, 0.25) is 0 Å². The fourth-order valence-corrected chi connectivity index (χ4v) is 2.45. The number of unbranched alkanes of at least 4 members (excludes halogenated alkanes) is 6. The van der Waals surface area contributed by atoms with Crippen LogP contribution in [0.1, 0.15) is 119 Å². The van der Waals surface area contributed by atoms with Gasteiger partial charge in [0.25, 0.3) is 0 Å². The molecule has 0 fully saturated rings. The minimum Gasteiger partial charge on any atom is -0.356 e. The second-order valence-corrected chi connectivity index (χ2v) is 6.48. The van der Waals surface area contributed by atoms with Gasteiger partial charge in [-0.1, -0.05) is 66.7 Å². The van der Waals surface area contributed by atoms with E-state index in [0.29, 0.717) is 32.2 Å². The molecule has 0 saturated carbocycles. The van der Waals surface area contributed by atoms with Crippen molar-refractivity contribution >= 4 is 17.6 Å². The van der Waals surface area contributed by atoms with Gasteiger partial charge >= 0.3 is 0 Å². The van der Waals surface area contributed by atoms with Crippen LogP contribution in [0.3, 0.4) is 0 Å². The number of ketones is 1. The molecule has 28 heavy (non-hydrogen) atoms. The molecular weight excluding hydrogens is 352 g/mol. The van der Waals surface area contributed by atoms with Crippen molar-refractivity contribution in [3.8, 4) is 0 Å². The zero-order chi connectivity index (χ0) is 22.0. The number of hydrogen-bond donors (Lipinski definition) is 2. The minimum atomic E-state index is 0.0327. The molecule has 0 saturated heterocycles. The van der Waals surface area contributed by atoms with E-state index in [2.05, 4.69) is 17.6 Å². The van der Waals surface area contributed by atoms with Gasteiger partial charge < -0.3 is 15.4 Å². The van der Waals surface area contributed by atoms with E-state index >= 15 is 0 Å². The Morgan fingerprint density at radius 1 is 0.571 bits per heavy atom. The molecule has 0 aliphatic heterocycles. The summed E-state index contributed by atoms with van der Waals surface area (Å²) < 4.78 is 0. The lowest BCUT2D eigenvalue weighted by atomic mass is 10.1. The smallest absolute Gasteiger partial charge is 0.220 e. The summed E-state index contributed by atoms with van der Waals surface area (Å²) in [5.41, 5.74) is 0. The number of Topliss-reactive ketones (excluding diaryl/α,β-unsaturated/α-hetero) is 1. The molecule has 0 aromatic rings. The number of amides is 2. The summed E-state index contributed by atoms with van der Waals surface area (Å²) in [6.45, 7) is 13.2. The summed E-state index contributed by atoms with van der Waals surface area (Å²) in [5, 5.41) is 5.78. The van der Waals surface area contributed by atoms with Crippen LogP contribution >= 0.6 is 0 Å². The Balaban J connectivity index is -0.00000146. The van der Waals surface area contributed by atoms with Crippen molar-refractivity contribution < 1.29 is 14.4 Å². The molecule has 0 atom stereocenters. The number of nitrogens with one attached hydrogen (secondary N) is 2. The van der Waals surface area contributed by atoms with E-state index in [-0.39, 0.29) is 17.6 Å². The van der Waals surface area contributed by atoms with Crippen LogP contribution in [0.4, 0.5) is 0 Å². The fourth-order valence-electron chi connectivity index (χ4n) is 2.45. The summed E-state index contributed by atoms with van der Waals surface area (Å²) in [6, 6.07) is 0. The SMILES string of the molecule is CC.CC.CCCCCNC(=O)CCCC(=O)NCCCCCCCC(C)=O. The second-order valence-electron chi connectivity index (χ2n) is 6.48. The third kappa shape index (κ3) is 29.4. The Hall–Kier alpha value is -1.39. The molecule has 0 bridgehead atoms. The maximum Gasteiger partial charge on any atom is 0.220 e. The van der Waals surface area contributed by atoms with Gasteiger partial charge in [0.05, 0.1) is 0 Å². The van der Waals surface area contributed by atoms with Crippen LogP contribution in [0.5, 0.6) is 0 Å². The van der Waals surface area contributed by atoms with Gasteiger partial charge in [0, 0.05) is 32.4 Å². The van der Waals surface area contributed by atoms with E-state index in [9.17, 15) is 14.4 Å². The predicted molar refractivity (Wildman–Crippen MR) is 120 cm³/mol. The normalized spacial score (nSPS) is 9.36. The van der Waals surface area contributed by atoms with Crippen molar-refractivity contribution in [2.75, 3.05) is 13.1 Å². The van der Waals surface area contributed by atoms with Crippen molar-refractivity contribution in [3.05, 3.63) is 0 Å². The average molecular weight is 401 g/mol. The van der Waals surface area contributed by atoms with Crippen molar-refractivity contribution in [3.63, 3.8) is 0 Å². The Bertz CT molecular complexity index is 358. The van der Waals surface area contributed by atoms with E-state index in [1.165, 1.54) is 0 Å². The first-order chi connectivity index (χ1) is 13.6. The van der Waals surface area contributed by atoms with Crippen LogP contribution < -0.4 is 10.6 Å². The van der Waals surface area contributed by atoms with Gasteiger partial charge in [0.2, 0.25) is 11.8 Å². The summed E-state index contributed by atoms with van der Waals surface area (Å²) >= 11 is 0. The van der Waals surface area contributed by atoms with Crippen molar-refractivity contribution in [1.29, 1.82) is 0 Å². The lowest BCUT2D eigenvalue weighted by Gasteiger charge is -2.06. The van der Waals surface area contributed by atoms with E-state index in [0.717, 1.165) is 57.9 Å². The minimum absolute atomic E-state index is 0.0327. The van der Waals surface area contributed by atoms with Crippen molar-refractivity contribution in [1.82, 2.24) is 10.6 Å². The first-order valence-electron chi connectivity index (χ1n) is 11.6. The van der Waals surface area contributed by atoms with Gasteiger partial charge in [0.1, 0.15) is 5.78 Å². The summed E-state index contributed by atoms with van der Waals surface area (Å²) in [5.74, 6) is 0.340. The highest BCUT2D eigenvalue weighted by Gasteiger charge is 2.04. The first-order valence-corrected chi connectivity index (χ1v) is 11.6. The molecule has 0 rings (SSSR count). The zero-order valence-corrected chi connectivity index (χ0v) is 19.6. The molecule has 0 radical (unpaired) electrons. The molecular formula is C23H48N2O3. The first kappa shape index (κ1) is 31.3. The maximum atomic E-state index is 11.7. The number of hydrogen-bond acceptors (Lipinski definition) is 3. The molecule has 2 N–H and O–H groups in total. The quantitative estimate of drug-likeness (QED) is 0.333. The third-order valence-corrected chi connectivity index (χ3v) is 3.94. The standard InChI is InChI=1S/C19H36N2O3.2C2H6/c1-3-4-9-15-20-18(23)13-11-14-19(24)21-16-10-7-5-6-8-12-17(2)22;2*1-2/h3-16H2,1-2H3,(H,20,23)(H,21,24);2*1-2H3. The molecule has 2 amide bonds. The van der Waals surface area contributed by atoms with Gasteiger partial charge in [-0.3, -0.25) is 9.59 Å². The molecule has 0 unspecified atom stereocenters.